The Labute approximate surface area is 222 Å². The monoisotopic (exact) mass is 509 g/mol. The van der Waals surface area contributed by atoms with Crippen molar-refractivity contribution in [3.8, 4) is 11.5 Å². The largest absolute Gasteiger partial charge is 0.489 e. The van der Waals surface area contributed by atoms with E-state index in [1.165, 1.54) is 7.05 Å². The van der Waals surface area contributed by atoms with Gasteiger partial charge in [-0.1, -0.05) is 91.0 Å². The van der Waals surface area contributed by atoms with Crippen molar-refractivity contribution >= 4 is 17.6 Å². The lowest BCUT2D eigenvalue weighted by molar-refractivity contribution is -0.119. The Bertz CT molecular complexity index is 1270. The molecule has 3 amide bonds. The van der Waals surface area contributed by atoms with Crippen LogP contribution >= 0.6 is 0 Å². The van der Waals surface area contributed by atoms with Crippen molar-refractivity contribution in [1.82, 2.24) is 5.32 Å². The van der Waals surface area contributed by atoms with E-state index in [0.29, 0.717) is 30.4 Å². The molecule has 0 saturated heterocycles. The van der Waals surface area contributed by atoms with Gasteiger partial charge in [-0.05, 0) is 23.1 Å². The molecule has 1 atom stereocenters. The van der Waals surface area contributed by atoms with E-state index in [9.17, 15) is 9.59 Å². The zero-order valence-corrected chi connectivity index (χ0v) is 21.2. The number of urea groups is 1. The molecule has 0 aromatic heterocycles. The number of hydrogen-bond acceptors (Lipinski definition) is 5. The highest BCUT2D eigenvalue weighted by Crippen LogP contribution is 2.31. The van der Waals surface area contributed by atoms with Gasteiger partial charge in [-0.3, -0.25) is 4.79 Å². The summed E-state index contributed by atoms with van der Waals surface area (Å²) in [4.78, 5) is 27.5. The second-order valence-electron chi connectivity index (χ2n) is 8.74. The summed E-state index contributed by atoms with van der Waals surface area (Å²) in [6, 6.07) is 32.4. The van der Waals surface area contributed by atoms with Crippen molar-refractivity contribution in [3.05, 3.63) is 126 Å². The topological polar surface area (TPSA) is 93.9 Å². The quantitative estimate of drug-likeness (QED) is 0.311. The molecule has 0 spiro atoms. The first kappa shape index (κ1) is 26.4. The lowest BCUT2D eigenvalue weighted by atomic mass is 10.1. The van der Waals surface area contributed by atoms with Gasteiger partial charge in [-0.2, -0.15) is 0 Å². The third kappa shape index (κ3) is 7.21. The minimum Gasteiger partial charge on any atom is -0.489 e. The van der Waals surface area contributed by atoms with Crippen LogP contribution in [0.4, 0.5) is 10.5 Å². The number of nitrogens with two attached hydrogens (primary N) is 1. The fourth-order valence-corrected chi connectivity index (χ4v) is 3.91. The first-order valence-electron chi connectivity index (χ1n) is 12.4. The number of anilines is 1. The van der Waals surface area contributed by atoms with Gasteiger partial charge in [0.25, 0.3) is 5.91 Å². The zero-order chi connectivity index (χ0) is 26.7. The minimum atomic E-state index is -0.933. The van der Waals surface area contributed by atoms with Crippen LogP contribution < -0.4 is 25.4 Å². The Morgan fingerprint density at radius 2 is 1.18 bits per heavy atom. The molecule has 0 heterocycles. The number of hydrogen-bond donors (Lipinski definition) is 2. The van der Waals surface area contributed by atoms with Crippen molar-refractivity contribution in [3.63, 3.8) is 0 Å². The first-order valence-corrected chi connectivity index (χ1v) is 12.4. The lowest BCUT2D eigenvalue weighted by Crippen LogP contribution is -2.51. The number of benzene rings is 4. The van der Waals surface area contributed by atoms with Crippen molar-refractivity contribution in [2.24, 2.45) is 5.73 Å². The van der Waals surface area contributed by atoms with Crippen LogP contribution in [0.1, 0.15) is 16.7 Å². The molecule has 0 unspecified atom stereocenters. The SMILES string of the molecule is CNC(=O)N(C(=O)[C@@H](N)Cc1ccccc1)c1cc(OCc2ccccc2)cc(OCc2ccccc2)c1. The summed E-state index contributed by atoms with van der Waals surface area (Å²) < 4.78 is 12.1. The summed E-state index contributed by atoms with van der Waals surface area (Å²) in [5.74, 6) is 0.364. The number of nitrogens with one attached hydrogen (secondary N) is 1. The maximum atomic E-state index is 13.5. The summed E-state index contributed by atoms with van der Waals surface area (Å²) in [5.41, 5.74) is 9.45. The molecular weight excluding hydrogens is 478 g/mol. The number of carbonyl (C=O) groups is 2. The van der Waals surface area contributed by atoms with Gasteiger partial charge < -0.3 is 20.5 Å². The van der Waals surface area contributed by atoms with E-state index >= 15 is 0 Å². The summed E-state index contributed by atoms with van der Waals surface area (Å²) in [5, 5.41) is 2.55. The maximum absolute atomic E-state index is 13.5. The molecule has 38 heavy (non-hydrogen) atoms. The number of nitrogens with zero attached hydrogens (tertiary/aromatic N) is 1. The zero-order valence-electron chi connectivity index (χ0n) is 21.2. The molecule has 0 fully saturated rings. The molecule has 4 rings (SSSR count). The normalized spacial score (nSPS) is 11.3. The number of amides is 3. The summed E-state index contributed by atoms with van der Waals surface area (Å²) in [7, 11) is 1.47. The highest BCUT2D eigenvalue weighted by Gasteiger charge is 2.29. The summed E-state index contributed by atoms with van der Waals surface area (Å²) >= 11 is 0. The fourth-order valence-electron chi connectivity index (χ4n) is 3.91. The molecular formula is C31H31N3O4. The minimum absolute atomic E-state index is 0.286. The van der Waals surface area contributed by atoms with Crippen LogP contribution in [0, 0.1) is 0 Å². The number of imide groups is 1. The van der Waals surface area contributed by atoms with Crippen LogP contribution in [0.5, 0.6) is 11.5 Å². The molecule has 194 valence electrons. The van der Waals surface area contributed by atoms with Gasteiger partial charge in [-0.15, -0.1) is 0 Å². The Morgan fingerprint density at radius 3 is 1.63 bits per heavy atom. The number of carbonyl (C=O) groups excluding carboxylic acids is 2. The third-order valence-corrected chi connectivity index (χ3v) is 5.87. The van der Waals surface area contributed by atoms with E-state index < -0.39 is 18.0 Å². The summed E-state index contributed by atoms with van der Waals surface area (Å²) in [6.07, 6.45) is 0.286. The maximum Gasteiger partial charge on any atom is 0.328 e. The average Bonchev–Trinajstić information content (AvgIpc) is 2.96. The molecule has 7 nitrogen and oxygen atoms in total. The Morgan fingerprint density at radius 1 is 0.737 bits per heavy atom. The van der Waals surface area contributed by atoms with Crippen LogP contribution in [0.25, 0.3) is 0 Å². The Balaban J connectivity index is 1.63. The van der Waals surface area contributed by atoms with E-state index in [2.05, 4.69) is 5.32 Å². The predicted octanol–water partition coefficient (Wildman–Crippen LogP) is 5.09. The molecule has 4 aromatic rings. The standard InChI is InChI=1S/C31H31N3O4/c1-33-31(36)34(30(35)29(32)17-23-11-5-2-6-12-23)26-18-27(37-21-24-13-7-3-8-14-24)20-28(19-26)38-22-25-15-9-4-10-16-25/h2-16,18-20,29H,17,21-22,32H2,1H3,(H,33,36)/t29-/m0/s1. The second-order valence-corrected chi connectivity index (χ2v) is 8.74. The highest BCUT2D eigenvalue weighted by molar-refractivity contribution is 6.16. The smallest absolute Gasteiger partial charge is 0.328 e. The molecule has 0 aliphatic rings. The molecule has 4 aromatic carbocycles. The van der Waals surface area contributed by atoms with Gasteiger partial charge in [-0.25, -0.2) is 9.69 Å². The van der Waals surface area contributed by atoms with E-state index in [1.807, 2.05) is 91.0 Å². The molecule has 0 aliphatic heterocycles. The van der Waals surface area contributed by atoms with Crippen LogP contribution in [0.2, 0.25) is 0 Å². The van der Waals surface area contributed by atoms with Crippen molar-refractivity contribution in [2.75, 3.05) is 11.9 Å². The van der Waals surface area contributed by atoms with Gasteiger partial charge in [0.05, 0.1) is 11.7 Å². The van der Waals surface area contributed by atoms with E-state index in [4.69, 9.17) is 15.2 Å². The number of rotatable bonds is 10. The van der Waals surface area contributed by atoms with Crippen LogP contribution in [-0.2, 0) is 24.4 Å². The third-order valence-electron chi connectivity index (χ3n) is 5.87. The average molecular weight is 510 g/mol. The van der Waals surface area contributed by atoms with E-state index in [0.717, 1.165) is 21.6 Å². The van der Waals surface area contributed by atoms with Crippen LogP contribution in [0.3, 0.4) is 0 Å². The van der Waals surface area contributed by atoms with E-state index in [1.54, 1.807) is 18.2 Å². The van der Waals surface area contributed by atoms with E-state index in [-0.39, 0.29) is 6.42 Å². The molecule has 3 N–H and O–H groups in total. The van der Waals surface area contributed by atoms with Gasteiger partial charge in [0.15, 0.2) is 0 Å². The second kappa shape index (κ2) is 13.1. The Kier molecular flexibility index (Phi) is 9.10. The molecule has 7 heteroatoms. The van der Waals surface area contributed by atoms with Crippen molar-refractivity contribution in [2.45, 2.75) is 25.7 Å². The van der Waals surface area contributed by atoms with Crippen molar-refractivity contribution in [1.29, 1.82) is 0 Å². The van der Waals surface area contributed by atoms with Crippen LogP contribution in [-0.4, -0.2) is 25.0 Å². The lowest BCUT2D eigenvalue weighted by Gasteiger charge is -2.25. The molecule has 0 radical (unpaired) electrons. The first-order chi connectivity index (χ1) is 18.5. The summed E-state index contributed by atoms with van der Waals surface area (Å²) in [6.45, 7) is 0.619. The fraction of sp³-hybridized carbons (Fsp3) is 0.161. The van der Waals surface area contributed by atoms with Crippen LogP contribution in [0.15, 0.2) is 109 Å². The predicted molar refractivity (Wildman–Crippen MR) is 148 cm³/mol. The van der Waals surface area contributed by atoms with Gasteiger partial charge >= 0.3 is 6.03 Å². The van der Waals surface area contributed by atoms with Gasteiger partial charge in [0.1, 0.15) is 24.7 Å². The molecule has 0 saturated carbocycles. The molecule has 0 aliphatic carbocycles. The molecule has 0 bridgehead atoms. The van der Waals surface area contributed by atoms with Crippen molar-refractivity contribution < 1.29 is 19.1 Å². The highest BCUT2D eigenvalue weighted by atomic mass is 16.5. The van der Waals surface area contributed by atoms with Gasteiger partial charge in [0, 0.05) is 25.2 Å². The number of ether oxygens (including phenoxy) is 2. The Hall–Kier alpha value is -4.62. The van der Waals surface area contributed by atoms with Gasteiger partial charge in [0.2, 0.25) is 0 Å².